The van der Waals surface area contributed by atoms with Gasteiger partial charge in [-0.3, -0.25) is 9.00 Å². The van der Waals surface area contributed by atoms with Crippen LogP contribution < -0.4 is 10.2 Å². The Balaban J connectivity index is 2.16. The lowest BCUT2D eigenvalue weighted by atomic mass is 9.96. The fraction of sp³-hybridized carbons (Fsp3) is 0.500. The molecule has 3 unspecified atom stereocenters. The lowest BCUT2D eigenvalue weighted by Gasteiger charge is -2.32. The van der Waals surface area contributed by atoms with Gasteiger partial charge in [-0.05, 0) is 18.6 Å². The van der Waals surface area contributed by atoms with Crippen LogP contribution >= 0.6 is 0 Å². The van der Waals surface area contributed by atoms with Crippen molar-refractivity contribution in [1.82, 2.24) is 5.32 Å². The van der Waals surface area contributed by atoms with E-state index >= 15 is 0 Å². The lowest BCUT2D eigenvalue weighted by Crippen LogP contribution is -2.40. The number of para-hydroxylation sites is 1. The Labute approximate surface area is 116 Å². The van der Waals surface area contributed by atoms with E-state index < -0.39 is 10.8 Å². The van der Waals surface area contributed by atoms with Crippen molar-refractivity contribution in [3.63, 3.8) is 0 Å². The number of benzene rings is 1. The Morgan fingerprint density at radius 1 is 1.47 bits per heavy atom. The molecule has 1 aliphatic heterocycles. The monoisotopic (exact) mass is 280 g/mol. The number of anilines is 1. The topological polar surface area (TPSA) is 49.4 Å². The first-order valence-electron chi connectivity index (χ1n) is 6.41. The van der Waals surface area contributed by atoms with Crippen molar-refractivity contribution < 1.29 is 9.00 Å². The molecule has 1 N–H and O–H groups in total. The molecule has 1 aliphatic rings. The van der Waals surface area contributed by atoms with Gasteiger partial charge in [-0.1, -0.05) is 18.2 Å². The molecule has 1 amide bonds. The van der Waals surface area contributed by atoms with Crippen LogP contribution in [0, 0.1) is 0 Å². The van der Waals surface area contributed by atoms with Crippen molar-refractivity contribution in [2.75, 3.05) is 24.7 Å². The number of nitrogens with one attached hydrogen (secondary N) is 1. The van der Waals surface area contributed by atoms with Gasteiger partial charge in [-0.25, -0.2) is 0 Å². The molecular formula is C14H20N2O2S. The first kappa shape index (κ1) is 14.2. The number of hydrogen-bond donors (Lipinski definition) is 1. The van der Waals surface area contributed by atoms with E-state index in [1.54, 1.807) is 18.2 Å². The molecule has 1 aromatic carbocycles. The molecule has 0 bridgehead atoms. The van der Waals surface area contributed by atoms with Gasteiger partial charge in [-0.2, -0.15) is 0 Å². The smallest absolute Gasteiger partial charge is 0.228 e. The zero-order valence-electron chi connectivity index (χ0n) is 11.6. The molecule has 0 spiro atoms. The number of hydrogen-bond acceptors (Lipinski definition) is 3. The quantitative estimate of drug-likeness (QED) is 0.908. The standard InChI is InChI=1S/C14H20N2O2S/c1-10(19(3)18)9-15-12-8-14(17)16(2)13-7-5-4-6-11(12)13/h4-7,10,12,15H,8-9H2,1-3H3. The zero-order chi connectivity index (χ0) is 14.0. The van der Waals surface area contributed by atoms with Gasteiger partial charge < -0.3 is 10.2 Å². The van der Waals surface area contributed by atoms with E-state index in [-0.39, 0.29) is 17.2 Å². The Hall–Kier alpha value is -1.20. The zero-order valence-corrected chi connectivity index (χ0v) is 12.4. The maximum Gasteiger partial charge on any atom is 0.228 e. The van der Waals surface area contributed by atoms with Crippen LogP contribution in [0.1, 0.15) is 24.9 Å². The molecular weight excluding hydrogens is 260 g/mol. The third-order valence-corrected chi connectivity index (χ3v) is 4.94. The average molecular weight is 280 g/mol. The molecule has 2 rings (SSSR count). The predicted molar refractivity (Wildman–Crippen MR) is 78.7 cm³/mol. The Morgan fingerprint density at radius 3 is 2.84 bits per heavy atom. The molecule has 1 aromatic rings. The molecule has 104 valence electrons. The Kier molecular flexibility index (Phi) is 4.37. The van der Waals surface area contributed by atoms with Crippen molar-refractivity contribution in [1.29, 1.82) is 0 Å². The summed E-state index contributed by atoms with van der Waals surface area (Å²) in [5.41, 5.74) is 2.10. The highest BCUT2D eigenvalue weighted by molar-refractivity contribution is 7.84. The molecule has 0 fully saturated rings. The van der Waals surface area contributed by atoms with E-state index in [9.17, 15) is 9.00 Å². The van der Waals surface area contributed by atoms with E-state index in [0.717, 1.165) is 11.3 Å². The van der Waals surface area contributed by atoms with Crippen LogP contribution in [0.4, 0.5) is 5.69 Å². The van der Waals surface area contributed by atoms with E-state index in [2.05, 4.69) is 5.32 Å². The number of carbonyl (C=O) groups is 1. The molecule has 4 nitrogen and oxygen atoms in total. The minimum atomic E-state index is -0.846. The number of rotatable bonds is 4. The first-order valence-corrected chi connectivity index (χ1v) is 8.04. The first-order chi connectivity index (χ1) is 9.00. The average Bonchev–Trinajstić information content (AvgIpc) is 2.40. The SMILES string of the molecule is CC(CNC1CC(=O)N(C)c2ccccc21)S(C)=O. The summed E-state index contributed by atoms with van der Waals surface area (Å²) >= 11 is 0. The van der Waals surface area contributed by atoms with Crippen molar-refractivity contribution in [2.24, 2.45) is 0 Å². The Morgan fingerprint density at radius 2 is 2.16 bits per heavy atom. The molecule has 0 saturated heterocycles. The summed E-state index contributed by atoms with van der Waals surface area (Å²) in [4.78, 5) is 13.7. The number of carbonyl (C=O) groups excluding carboxylic acids is 1. The highest BCUT2D eigenvalue weighted by Crippen LogP contribution is 2.33. The van der Waals surface area contributed by atoms with E-state index in [1.165, 1.54) is 0 Å². The summed E-state index contributed by atoms with van der Waals surface area (Å²) in [7, 11) is 0.961. The largest absolute Gasteiger partial charge is 0.315 e. The van der Waals surface area contributed by atoms with Crippen molar-refractivity contribution in [3.05, 3.63) is 29.8 Å². The van der Waals surface area contributed by atoms with Crippen LogP contribution in [0.2, 0.25) is 0 Å². The van der Waals surface area contributed by atoms with Crippen molar-refractivity contribution in [2.45, 2.75) is 24.6 Å². The van der Waals surface area contributed by atoms with Crippen LogP contribution in [0.3, 0.4) is 0 Å². The predicted octanol–water partition coefficient (Wildman–Crippen LogP) is 1.45. The maximum atomic E-state index is 12.0. The van der Waals surface area contributed by atoms with E-state index in [4.69, 9.17) is 0 Å². The van der Waals surface area contributed by atoms with Gasteiger partial charge in [0.15, 0.2) is 0 Å². The van der Waals surface area contributed by atoms with Gasteiger partial charge in [0.1, 0.15) is 0 Å². The summed E-state index contributed by atoms with van der Waals surface area (Å²) in [6, 6.07) is 7.95. The summed E-state index contributed by atoms with van der Waals surface area (Å²) in [5.74, 6) is 0.112. The minimum absolute atomic E-state index is 0.0194. The molecule has 0 aliphatic carbocycles. The summed E-state index contributed by atoms with van der Waals surface area (Å²) in [6.07, 6.45) is 2.16. The third kappa shape index (κ3) is 3.04. The second kappa shape index (κ2) is 5.84. The maximum absolute atomic E-state index is 12.0. The van der Waals surface area contributed by atoms with Gasteiger partial charge >= 0.3 is 0 Å². The van der Waals surface area contributed by atoms with Gasteiger partial charge in [-0.15, -0.1) is 0 Å². The van der Waals surface area contributed by atoms with E-state index in [1.807, 2.05) is 31.2 Å². The summed E-state index contributed by atoms with van der Waals surface area (Å²) in [5, 5.41) is 3.45. The second-order valence-electron chi connectivity index (χ2n) is 4.99. The van der Waals surface area contributed by atoms with Crippen molar-refractivity contribution in [3.8, 4) is 0 Å². The number of nitrogens with zero attached hydrogens (tertiary/aromatic N) is 1. The fourth-order valence-corrected chi connectivity index (χ4v) is 2.58. The normalized spacial score (nSPS) is 21.9. The molecule has 0 saturated carbocycles. The van der Waals surface area contributed by atoms with Gasteiger partial charge in [0.2, 0.25) is 5.91 Å². The van der Waals surface area contributed by atoms with Crippen molar-refractivity contribution >= 4 is 22.4 Å². The van der Waals surface area contributed by atoms with Crippen LogP contribution in [-0.2, 0) is 15.6 Å². The second-order valence-corrected chi connectivity index (χ2v) is 6.79. The molecule has 19 heavy (non-hydrogen) atoms. The van der Waals surface area contributed by atoms with Crippen LogP contribution in [0.25, 0.3) is 0 Å². The van der Waals surface area contributed by atoms with E-state index in [0.29, 0.717) is 13.0 Å². The fourth-order valence-electron chi connectivity index (χ4n) is 2.25. The third-order valence-electron chi connectivity index (χ3n) is 3.64. The van der Waals surface area contributed by atoms with Crippen LogP contribution in [0.15, 0.2) is 24.3 Å². The van der Waals surface area contributed by atoms with Gasteiger partial charge in [0.25, 0.3) is 0 Å². The molecule has 0 radical (unpaired) electrons. The molecule has 0 aromatic heterocycles. The van der Waals surface area contributed by atoms with Gasteiger partial charge in [0, 0.05) is 54.0 Å². The van der Waals surface area contributed by atoms with Gasteiger partial charge in [0.05, 0.1) is 0 Å². The summed E-state index contributed by atoms with van der Waals surface area (Å²) in [6.45, 7) is 2.60. The minimum Gasteiger partial charge on any atom is -0.315 e. The van der Waals surface area contributed by atoms with Crippen LogP contribution in [-0.4, -0.2) is 35.2 Å². The molecule has 5 heteroatoms. The molecule has 3 atom stereocenters. The lowest BCUT2D eigenvalue weighted by molar-refractivity contribution is -0.119. The Bertz CT molecular complexity index is 504. The highest BCUT2D eigenvalue weighted by Gasteiger charge is 2.28. The summed E-state index contributed by atoms with van der Waals surface area (Å²) < 4.78 is 11.4. The number of fused-ring (bicyclic) bond motifs is 1. The van der Waals surface area contributed by atoms with Crippen LogP contribution in [0.5, 0.6) is 0 Å². The number of amides is 1. The highest BCUT2D eigenvalue weighted by atomic mass is 32.2. The molecule has 1 heterocycles.